The molecule has 3 nitrogen and oxygen atoms in total. The molecule has 2 rings (SSSR count). The minimum atomic E-state index is -0.423. The molecule has 1 aliphatic rings. The van der Waals surface area contributed by atoms with E-state index < -0.39 is 5.41 Å². The number of allylic oxidation sites excluding steroid dienone is 2. The number of esters is 1. The van der Waals surface area contributed by atoms with Crippen LogP contribution >= 0.6 is 0 Å². The number of carbonyl (C=O) groups is 1. The van der Waals surface area contributed by atoms with Crippen LogP contribution in [-0.4, -0.2) is 17.7 Å². The molecule has 1 N–H and O–H groups in total. The van der Waals surface area contributed by atoms with Crippen LogP contribution in [0, 0.1) is 22.2 Å². The van der Waals surface area contributed by atoms with Crippen LogP contribution in [0.15, 0.2) is 58.9 Å². The van der Waals surface area contributed by atoms with Crippen molar-refractivity contribution >= 4 is 12.0 Å². The molecule has 0 aromatic heterocycles. The molecule has 0 spiro atoms. The Morgan fingerprint density at radius 3 is 2.17 bits per heavy atom. The topological polar surface area (TPSA) is 46.5 Å². The summed E-state index contributed by atoms with van der Waals surface area (Å²) in [6.45, 7) is 19.5. The smallest absolute Gasteiger partial charge is 0.330 e. The molecule has 0 aliphatic heterocycles. The quantitative estimate of drug-likeness (QED) is 0.424. The predicted molar refractivity (Wildman–Crippen MR) is 125 cm³/mol. The van der Waals surface area contributed by atoms with Gasteiger partial charge in [0.2, 0.25) is 0 Å². The average Bonchev–Trinajstić information content (AvgIpc) is 2.61. The lowest BCUT2D eigenvalue weighted by Gasteiger charge is -2.53. The zero-order valence-electron chi connectivity index (χ0n) is 20.1. The molecule has 0 saturated heterocycles. The second kappa shape index (κ2) is 8.45. The van der Waals surface area contributed by atoms with Crippen molar-refractivity contribution in [2.45, 2.75) is 62.3 Å². The molecule has 0 fully saturated rings. The molecule has 3 heteroatoms. The van der Waals surface area contributed by atoms with Gasteiger partial charge in [-0.1, -0.05) is 78.8 Å². The standard InChI is InChI=1S/C27H38O3/c1-18-22(29)19(2)24(26(6,7)8)27(9,23(18)25(3,4)5)17-30-21(28)16-15-20-13-11-10-12-14-20/h10-16,23,29H,17H2,1-9H3. The third kappa shape index (κ3) is 4.88. The molecule has 2 atom stereocenters. The van der Waals surface area contributed by atoms with Gasteiger partial charge in [-0.25, -0.2) is 4.79 Å². The van der Waals surface area contributed by atoms with E-state index in [4.69, 9.17) is 4.74 Å². The Hall–Kier alpha value is -2.29. The Bertz CT molecular complexity index is 873. The monoisotopic (exact) mass is 410 g/mol. The Balaban J connectivity index is 2.41. The van der Waals surface area contributed by atoms with Gasteiger partial charge in [0.1, 0.15) is 12.4 Å². The summed E-state index contributed by atoms with van der Waals surface area (Å²) in [5.41, 5.74) is 3.26. The molecule has 0 saturated carbocycles. The van der Waals surface area contributed by atoms with Crippen molar-refractivity contribution < 1.29 is 14.6 Å². The van der Waals surface area contributed by atoms with Gasteiger partial charge in [0.05, 0.1) is 0 Å². The molecule has 0 amide bonds. The minimum absolute atomic E-state index is 0.0360. The van der Waals surface area contributed by atoms with Crippen LogP contribution in [0.25, 0.3) is 6.08 Å². The highest BCUT2D eigenvalue weighted by atomic mass is 16.5. The fourth-order valence-corrected chi connectivity index (χ4v) is 5.78. The summed E-state index contributed by atoms with van der Waals surface area (Å²) >= 11 is 0. The lowest BCUT2D eigenvalue weighted by Crippen LogP contribution is -2.48. The summed E-state index contributed by atoms with van der Waals surface area (Å²) in [4.78, 5) is 12.6. The highest BCUT2D eigenvalue weighted by Gasteiger charge is 2.52. The molecule has 0 heterocycles. The fraction of sp³-hybridized carbons (Fsp3) is 0.519. The van der Waals surface area contributed by atoms with Gasteiger partial charge in [0.15, 0.2) is 0 Å². The zero-order valence-corrected chi connectivity index (χ0v) is 20.1. The molecular weight excluding hydrogens is 372 g/mol. The number of benzene rings is 1. The van der Waals surface area contributed by atoms with Gasteiger partial charge < -0.3 is 9.84 Å². The van der Waals surface area contributed by atoms with E-state index in [1.54, 1.807) is 6.08 Å². The van der Waals surface area contributed by atoms with Crippen LogP contribution in [0.5, 0.6) is 0 Å². The predicted octanol–water partition coefficient (Wildman–Crippen LogP) is 7.12. The van der Waals surface area contributed by atoms with Crippen molar-refractivity contribution in [1.29, 1.82) is 0 Å². The van der Waals surface area contributed by atoms with Crippen LogP contribution < -0.4 is 0 Å². The summed E-state index contributed by atoms with van der Waals surface area (Å²) in [6.07, 6.45) is 3.26. The Labute approximate surface area is 182 Å². The zero-order chi connectivity index (χ0) is 22.9. The second-order valence-corrected chi connectivity index (χ2v) is 10.8. The fourth-order valence-electron chi connectivity index (χ4n) is 5.78. The van der Waals surface area contributed by atoms with Crippen LogP contribution in [0.1, 0.15) is 67.9 Å². The van der Waals surface area contributed by atoms with Gasteiger partial charge in [-0.05, 0) is 53.0 Å². The molecule has 1 aromatic carbocycles. The van der Waals surface area contributed by atoms with E-state index in [9.17, 15) is 9.90 Å². The molecule has 164 valence electrons. The summed E-state index contributed by atoms with van der Waals surface area (Å²) in [5.74, 6) is 0.0662. The van der Waals surface area contributed by atoms with E-state index in [2.05, 4.69) is 48.5 Å². The molecule has 30 heavy (non-hydrogen) atoms. The summed E-state index contributed by atoms with van der Waals surface area (Å²) < 4.78 is 5.82. The lowest BCUT2D eigenvalue weighted by molar-refractivity contribution is -0.142. The highest BCUT2D eigenvalue weighted by molar-refractivity contribution is 5.87. The summed E-state index contributed by atoms with van der Waals surface area (Å²) in [7, 11) is 0. The lowest BCUT2D eigenvalue weighted by atomic mass is 9.52. The molecular formula is C27H38O3. The largest absolute Gasteiger partial charge is 0.508 e. The maximum atomic E-state index is 12.6. The molecule has 0 bridgehead atoms. The van der Waals surface area contributed by atoms with Crippen molar-refractivity contribution in [1.82, 2.24) is 0 Å². The van der Waals surface area contributed by atoms with Crippen molar-refractivity contribution in [2.24, 2.45) is 22.2 Å². The van der Waals surface area contributed by atoms with E-state index >= 15 is 0 Å². The molecule has 2 unspecified atom stereocenters. The maximum absolute atomic E-state index is 12.6. The maximum Gasteiger partial charge on any atom is 0.330 e. The van der Waals surface area contributed by atoms with Crippen molar-refractivity contribution in [3.05, 3.63) is 64.4 Å². The van der Waals surface area contributed by atoms with Crippen LogP contribution in [0.4, 0.5) is 0 Å². The first-order valence-corrected chi connectivity index (χ1v) is 10.7. The van der Waals surface area contributed by atoms with Gasteiger partial charge in [-0.2, -0.15) is 0 Å². The highest BCUT2D eigenvalue weighted by Crippen LogP contribution is 2.58. The van der Waals surface area contributed by atoms with E-state index in [1.807, 2.05) is 44.2 Å². The van der Waals surface area contributed by atoms with Crippen LogP contribution in [0.2, 0.25) is 0 Å². The van der Waals surface area contributed by atoms with E-state index in [1.165, 1.54) is 6.08 Å². The Kier molecular flexibility index (Phi) is 6.76. The number of ether oxygens (including phenoxy) is 1. The number of hydrogen-bond acceptors (Lipinski definition) is 3. The number of rotatable bonds is 4. The van der Waals surface area contributed by atoms with E-state index in [-0.39, 0.29) is 29.3 Å². The SMILES string of the molecule is CC1=C(C(C)(C)C)C(C)(COC(=O)C=Cc2ccccc2)C(C(C)(C)C)C(C)=C1O. The third-order valence-corrected chi connectivity index (χ3v) is 6.09. The number of aliphatic hydroxyl groups excluding tert-OH is 1. The average molecular weight is 411 g/mol. The molecule has 1 aliphatic carbocycles. The normalized spacial score (nSPS) is 23.3. The Morgan fingerprint density at radius 1 is 1.10 bits per heavy atom. The van der Waals surface area contributed by atoms with E-state index in [0.717, 1.165) is 22.3 Å². The van der Waals surface area contributed by atoms with Crippen molar-refractivity contribution in [2.75, 3.05) is 6.61 Å². The van der Waals surface area contributed by atoms with Crippen LogP contribution in [-0.2, 0) is 9.53 Å². The molecule has 1 aromatic rings. The Morgan fingerprint density at radius 2 is 1.67 bits per heavy atom. The van der Waals surface area contributed by atoms with Crippen molar-refractivity contribution in [3.63, 3.8) is 0 Å². The number of aliphatic hydroxyl groups is 1. The van der Waals surface area contributed by atoms with Crippen LogP contribution in [0.3, 0.4) is 0 Å². The van der Waals surface area contributed by atoms with Gasteiger partial charge in [0.25, 0.3) is 0 Å². The first kappa shape index (κ1) is 24.0. The second-order valence-electron chi connectivity index (χ2n) is 10.8. The van der Waals surface area contributed by atoms with E-state index in [0.29, 0.717) is 5.76 Å². The van der Waals surface area contributed by atoms with Gasteiger partial charge in [0, 0.05) is 17.4 Å². The number of hydrogen-bond donors (Lipinski definition) is 1. The van der Waals surface area contributed by atoms with Crippen molar-refractivity contribution in [3.8, 4) is 0 Å². The number of carbonyl (C=O) groups excluding carboxylic acids is 1. The van der Waals surface area contributed by atoms with Gasteiger partial charge in [-0.3, -0.25) is 0 Å². The minimum Gasteiger partial charge on any atom is -0.508 e. The third-order valence-electron chi connectivity index (χ3n) is 6.09. The first-order chi connectivity index (χ1) is 13.7. The van der Waals surface area contributed by atoms with Gasteiger partial charge >= 0.3 is 5.97 Å². The van der Waals surface area contributed by atoms with Gasteiger partial charge in [-0.15, -0.1) is 0 Å². The summed E-state index contributed by atoms with van der Waals surface area (Å²) in [6, 6.07) is 9.71. The molecule has 0 radical (unpaired) electrons. The summed E-state index contributed by atoms with van der Waals surface area (Å²) in [5, 5.41) is 10.9. The first-order valence-electron chi connectivity index (χ1n) is 10.7.